The third-order valence-electron chi connectivity index (χ3n) is 3.98. The zero-order valence-electron chi connectivity index (χ0n) is 13.9. The molecule has 0 aliphatic carbocycles. The summed E-state index contributed by atoms with van der Waals surface area (Å²) in [5.41, 5.74) is 6.12. The minimum absolute atomic E-state index is 0.209. The molecular formula is C16H33N3O. The van der Waals surface area contributed by atoms with Crippen molar-refractivity contribution in [2.45, 2.75) is 47.1 Å². The Hall–Kier alpha value is -0.610. The summed E-state index contributed by atoms with van der Waals surface area (Å²) in [6.45, 7) is 15.0. The van der Waals surface area contributed by atoms with Crippen LogP contribution in [0, 0.1) is 17.8 Å². The van der Waals surface area contributed by atoms with Gasteiger partial charge in [-0.3, -0.25) is 9.69 Å². The third kappa shape index (κ3) is 5.80. The molecule has 0 spiro atoms. The van der Waals surface area contributed by atoms with E-state index in [2.05, 4.69) is 39.5 Å². The summed E-state index contributed by atoms with van der Waals surface area (Å²) >= 11 is 0. The lowest BCUT2D eigenvalue weighted by Gasteiger charge is -2.36. The van der Waals surface area contributed by atoms with Crippen molar-refractivity contribution in [3.63, 3.8) is 0 Å². The summed E-state index contributed by atoms with van der Waals surface area (Å²) in [4.78, 5) is 16.8. The maximum Gasteiger partial charge on any atom is 0.236 e. The van der Waals surface area contributed by atoms with Crippen LogP contribution in [0.1, 0.15) is 41.0 Å². The topological polar surface area (TPSA) is 49.6 Å². The molecule has 1 heterocycles. The fraction of sp³-hybridized carbons (Fsp3) is 0.938. The molecule has 2 atom stereocenters. The predicted octanol–water partition coefficient (Wildman–Crippen LogP) is 1.80. The molecule has 1 aliphatic rings. The van der Waals surface area contributed by atoms with E-state index >= 15 is 0 Å². The molecule has 0 aromatic rings. The van der Waals surface area contributed by atoms with Gasteiger partial charge in [0.1, 0.15) is 0 Å². The number of amides is 1. The van der Waals surface area contributed by atoms with E-state index in [1.54, 1.807) is 0 Å². The highest BCUT2D eigenvalue weighted by Gasteiger charge is 2.26. The van der Waals surface area contributed by atoms with Gasteiger partial charge in [-0.1, -0.05) is 34.6 Å². The molecule has 4 heteroatoms. The van der Waals surface area contributed by atoms with E-state index in [9.17, 15) is 4.79 Å². The summed E-state index contributed by atoms with van der Waals surface area (Å²) in [5, 5.41) is 0. The number of piperidine rings is 1. The highest BCUT2D eigenvalue weighted by molar-refractivity contribution is 5.78. The van der Waals surface area contributed by atoms with Gasteiger partial charge >= 0.3 is 0 Å². The van der Waals surface area contributed by atoms with E-state index in [0.717, 1.165) is 32.6 Å². The first-order chi connectivity index (χ1) is 9.29. The summed E-state index contributed by atoms with van der Waals surface area (Å²) in [6.07, 6.45) is 1.10. The molecular weight excluding hydrogens is 250 g/mol. The van der Waals surface area contributed by atoms with Crippen molar-refractivity contribution in [3.05, 3.63) is 0 Å². The van der Waals surface area contributed by atoms with Crippen molar-refractivity contribution in [1.29, 1.82) is 0 Å². The van der Waals surface area contributed by atoms with Crippen LogP contribution in [-0.2, 0) is 4.79 Å². The Labute approximate surface area is 124 Å². The van der Waals surface area contributed by atoms with Crippen molar-refractivity contribution in [2.75, 3.05) is 32.7 Å². The van der Waals surface area contributed by atoms with E-state index in [-0.39, 0.29) is 11.9 Å². The molecule has 4 nitrogen and oxygen atoms in total. The van der Waals surface area contributed by atoms with Gasteiger partial charge in [-0.05, 0) is 30.7 Å². The predicted molar refractivity (Wildman–Crippen MR) is 84.5 cm³/mol. The number of rotatable bonds is 6. The number of hydrogen-bond acceptors (Lipinski definition) is 3. The Balaban J connectivity index is 2.52. The van der Waals surface area contributed by atoms with E-state index in [0.29, 0.717) is 24.3 Å². The van der Waals surface area contributed by atoms with Gasteiger partial charge in [0.15, 0.2) is 0 Å². The molecule has 2 N–H and O–H groups in total. The van der Waals surface area contributed by atoms with Crippen molar-refractivity contribution >= 4 is 5.91 Å². The number of carbonyl (C=O) groups excluding carboxylic acids is 1. The Kier molecular flexibility index (Phi) is 6.96. The lowest BCUT2D eigenvalue weighted by atomic mass is 9.94. The van der Waals surface area contributed by atoms with Crippen LogP contribution >= 0.6 is 0 Å². The van der Waals surface area contributed by atoms with E-state index in [1.165, 1.54) is 0 Å². The first kappa shape index (κ1) is 17.4. The molecule has 20 heavy (non-hydrogen) atoms. The van der Waals surface area contributed by atoms with E-state index in [4.69, 9.17) is 5.73 Å². The quantitative estimate of drug-likeness (QED) is 0.808. The first-order valence-electron chi connectivity index (χ1n) is 8.05. The minimum Gasteiger partial charge on any atom is -0.341 e. The molecule has 1 aliphatic heterocycles. The van der Waals surface area contributed by atoms with Crippen molar-refractivity contribution in [3.8, 4) is 0 Å². The lowest BCUT2D eigenvalue weighted by molar-refractivity contribution is -0.134. The van der Waals surface area contributed by atoms with Crippen LogP contribution in [0.2, 0.25) is 0 Å². The number of nitrogens with zero attached hydrogens (tertiary/aromatic N) is 2. The van der Waals surface area contributed by atoms with Crippen LogP contribution < -0.4 is 5.73 Å². The van der Waals surface area contributed by atoms with E-state index < -0.39 is 0 Å². The maximum atomic E-state index is 12.5. The summed E-state index contributed by atoms with van der Waals surface area (Å²) in [6, 6.07) is 0.209. The van der Waals surface area contributed by atoms with Gasteiger partial charge in [0.2, 0.25) is 5.91 Å². The highest BCUT2D eigenvalue weighted by Crippen LogP contribution is 2.15. The van der Waals surface area contributed by atoms with Crippen LogP contribution in [0.4, 0.5) is 0 Å². The monoisotopic (exact) mass is 283 g/mol. The summed E-state index contributed by atoms with van der Waals surface area (Å²) in [5.74, 6) is 1.86. The fourth-order valence-corrected chi connectivity index (χ4v) is 2.76. The van der Waals surface area contributed by atoms with Crippen molar-refractivity contribution in [1.82, 2.24) is 9.80 Å². The maximum absolute atomic E-state index is 12.5. The second-order valence-corrected chi connectivity index (χ2v) is 7.25. The lowest BCUT2D eigenvalue weighted by Crippen LogP contribution is -2.51. The fourth-order valence-electron chi connectivity index (χ4n) is 2.76. The minimum atomic E-state index is 0.209. The van der Waals surface area contributed by atoms with Crippen LogP contribution in [0.25, 0.3) is 0 Å². The van der Waals surface area contributed by atoms with Crippen LogP contribution in [-0.4, -0.2) is 54.5 Å². The zero-order chi connectivity index (χ0) is 15.3. The molecule has 118 valence electrons. The largest absolute Gasteiger partial charge is 0.341 e. The Bertz CT molecular complexity index is 294. The number of hydrogen-bond donors (Lipinski definition) is 1. The molecule has 1 fully saturated rings. The van der Waals surface area contributed by atoms with Crippen molar-refractivity contribution < 1.29 is 4.79 Å². The SMILES string of the molecule is CC(C)CN(CC(C)C)C(=O)CN1CCC(C)C(N)C1. The molecule has 0 saturated carbocycles. The van der Waals surface area contributed by atoms with Gasteiger partial charge in [-0.2, -0.15) is 0 Å². The van der Waals surface area contributed by atoms with Gasteiger partial charge in [0, 0.05) is 25.7 Å². The summed E-state index contributed by atoms with van der Waals surface area (Å²) in [7, 11) is 0. The normalized spacial score (nSPS) is 24.4. The van der Waals surface area contributed by atoms with Gasteiger partial charge in [-0.15, -0.1) is 0 Å². The molecule has 2 unspecified atom stereocenters. The second kappa shape index (κ2) is 7.99. The molecule has 0 aromatic heterocycles. The smallest absolute Gasteiger partial charge is 0.236 e. The third-order valence-corrected chi connectivity index (χ3v) is 3.98. The van der Waals surface area contributed by atoms with Crippen LogP contribution in [0.3, 0.4) is 0 Å². The Morgan fingerprint density at radius 2 is 1.80 bits per heavy atom. The molecule has 1 rings (SSSR count). The van der Waals surface area contributed by atoms with Gasteiger partial charge in [-0.25, -0.2) is 0 Å². The number of carbonyl (C=O) groups is 1. The number of nitrogens with two attached hydrogens (primary N) is 1. The van der Waals surface area contributed by atoms with E-state index in [1.807, 2.05) is 4.90 Å². The highest BCUT2D eigenvalue weighted by atomic mass is 16.2. The second-order valence-electron chi connectivity index (χ2n) is 7.25. The van der Waals surface area contributed by atoms with Crippen molar-refractivity contribution in [2.24, 2.45) is 23.5 Å². The molecule has 1 amide bonds. The first-order valence-corrected chi connectivity index (χ1v) is 8.05. The molecule has 0 bridgehead atoms. The Morgan fingerprint density at radius 3 is 2.25 bits per heavy atom. The van der Waals surface area contributed by atoms with Gasteiger partial charge in [0.05, 0.1) is 6.54 Å². The Morgan fingerprint density at radius 1 is 1.25 bits per heavy atom. The van der Waals surface area contributed by atoms with Crippen LogP contribution in [0.15, 0.2) is 0 Å². The average molecular weight is 283 g/mol. The summed E-state index contributed by atoms with van der Waals surface area (Å²) < 4.78 is 0. The molecule has 0 radical (unpaired) electrons. The molecule has 0 aromatic carbocycles. The average Bonchev–Trinajstić information content (AvgIpc) is 2.32. The zero-order valence-corrected chi connectivity index (χ0v) is 13.9. The van der Waals surface area contributed by atoms with Gasteiger partial charge < -0.3 is 10.6 Å². The standard InChI is InChI=1S/C16H33N3O/c1-12(2)8-19(9-13(3)4)16(20)11-18-7-6-14(5)15(17)10-18/h12-15H,6-11,17H2,1-5H3. The van der Waals surface area contributed by atoms with Gasteiger partial charge in [0.25, 0.3) is 0 Å². The molecule has 1 saturated heterocycles. The number of likely N-dealkylation sites (tertiary alicyclic amines) is 1. The van der Waals surface area contributed by atoms with Crippen LogP contribution in [0.5, 0.6) is 0 Å².